The second-order valence-electron chi connectivity index (χ2n) is 6.82. The number of halogens is 2. The van der Waals surface area contributed by atoms with Crippen molar-refractivity contribution < 1.29 is 36.3 Å². The summed E-state index contributed by atoms with van der Waals surface area (Å²) in [6.45, 7) is 2.14. The standard InChI is InChI=1S/C20H21F2N3O6S/c1-13(31-15-4-2-14(21)3-5-15)19(26)23-24-20(27)17-12-16(6-7-18(17)22)32(28,29)25-8-10-30-11-9-25/h2-7,12-13H,8-11H2,1H3,(H,23,26)(H,24,27). The normalized spacial score (nSPS) is 15.6. The number of amides is 2. The lowest BCUT2D eigenvalue weighted by Crippen LogP contribution is -2.47. The van der Waals surface area contributed by atoms with E-state index >= 15 is 0 Å². The van der Waals surface area contributed by atoms with Crippen molar-refractivity contribution >= 4 is 21.8 Å². The Morgan fingerprint density at radius 2 is 1.72 bits per heavy atom. The van der Waals surface area contributed by atoms with Gasteiger partial charge in [0.25, 0.3) is 11.8 Å². The minimum absolute atomic E-state index is 0.142. The fourth-order valence-electron chi connectivity index (χ4n) is 2.83. The zero-order valence-electron chi connectivity index (χ0n) is 17.0. The quantitative estimate of drug-likeness (QED) is 0.615. The second-order valence-corrected chi connectivity index (χ2v) is 8.75. The van der Waals surface area contributed by atoms with Gasteiger partial charge in [0, 0.05) is 13.1 Å². The first-order valence-corrected chi connectivity index (χ1v) is 11.0. The number of carbonyl (C=O) groups excluding carboxylic acids is 2. The van der Waals surface area contributed by atoms with Gasteiger partial charge >= 0.3 is 0 Å². The highest BCUT2D eigenvalue weighted by Gasteiger charge is 2.28. The Labute approximate surface area is 183 Å². The number of benzene rings is 2. The smallest absolute Gasteiger partial charge is 0.279 e. The lowest BCUT2D eigenvalue weighted by Gasteiger charge is -2.26. The van der Waals surface area contributed by atoms with Gasteiger partial charge in [-0.2, -0.15) is 4.31 Å². The Hall–Kier alpha value is -3.09. The van der Waals surface area contributed by atoms with Gasteiger partial charge in [0.1, 0.15) is 17.4 Å². The summed E-state index contributed by atoms with van der Waals surface area (Å²) in [5.74, 6) is -3.02. The summed E-state index contributed by atoms with van der Waals surface area (Å²) in [5, 5.41) is 0. The first kappa shape index (κ1) is 23.6. The second kappa shape index (κ2) is 10.0. The maximum Gasteiger partial charge on any atom is 0.279 e. The van der Waals surface area contributed by atoms with Gasteiger partial charge in [-0.05, 0) is 49.4 Å². The maximum absolute atomic E-state index is 14.2. The molecule has 9 nitrogen and oxygen atoms in total. The number of hydrogen-bond acceptors (Lipinski definition) is 6. The molecule has 0 spiro atoms. The molecule has 1 fully saturated rings. The first-order chi connectivity index (χ1) is 15.2. The SMILES string of the molecule is CC(Oc1ccc(F)cc1)C(=O)NNC(=O)c1cc(S(=O)(=O)N2CCOCC2)ccc1F. The van der Waals surface area contributed by atoms with E-state index in [1.165, 1.54) is 23.4 Å². The van der Waals surface area contributed by atoms with Crippen molar-refractivity contribution in [2.75, 3.05) is 26.3 Å². The van der Waals surface area contributed by atoms with Crippen LogP contribution in [0.15, 0.2) is 47.4 Å². The molecule has 2 amide bonds. The van der Waals surface area contributed by atoms with Crippen molar-refractivity contribution in [1.29, 1.82) is 0 Å². The molecule has 12 heteroatoms. The van der Waals surface area contributed by atoms with E-state index in [0.29, 0.717) is 0 Å². The fourth-order valence-corrected chi connectivity index (χ4v) is 4.27. The van der Waals surface area contributed by atoms with Gasteiger partial charge in [0.15, 0.2) is 6.10 Å². The van der Waals surface area contributed by atoms with Gasteiger partial charge in [-0.25, -0.2) is 17.2 Å². The lowest BCUT2D eigenvalue weighted by atomic mass is 10.2. The minimum atomic E-state index is -3.94. The van der Waals surface area contributed by atoms with E-state index in [-0.39, 0.29) is 36.9 Å². The molecule has 0 saturated carbocycles. The van der Waals surface area contributed by atoms with Crippen molar-refractivity contribution in [3.8, 4) is 5.75 Å². The van der Waals surface area contributed by atoms with Crippen LogP contribution in [0.5, 0.6) is 5.75 Å². The van der Waals surface area contributed by atoms with Gasteiger partial charge in [-0.15, -0.1) is 0 Å². The Morgan fingerprint density at radius 3 is 2.38 bits per heavy atom. The zero-order valence-corrected chi connectivity index (χ0v) is 17.8. The maximum atomic E-state index is 14.2. The van der Waals surface area contributed by atoms with Gasteiger partial charge in [-0.3, -0.25) is 20.4 Å². The van der Waals surface area contributed by atoms with Crippen LogP contribution in [0.2, 0.25) is 0 Å². The van der Waals surface area contributed by atoms with E-state index in [2.05, 4.69) is 5.43 Å². The van der Waals surface area contributed by atoms with Crippen LogP contribution in [-0.4, -0.2) is 56.9 Å². The predicted octanol–water partition coefficient (Wildman–Crippen LogP) is 1.21. The average molecular weight is 469 g/mol. The number of nitrogens with one attached hydrogen (secondary N) is 2. The Bertz CT molecular complexity index is 1090. The van der Waals surface area contributed by atoms with E-state index in [0.717, 1.165) is 30.3 Å². The van der Waals surface area contributed by atoms with Gasteiger partial charge in [-0.1, -0.05) is 0 Å². The summed E-state index contributed by atoms with van der Waals surface area (Å²) in [7, 11) is -3.94. The molecule has 3 rings (SSSR count). The van der Waals surface area contributed by atoms with Crippen LogP contribution in [0.25, 0.3) is 0 Å². The molecule has 1 aliphatic heterocycles. The number of hydrazine groups is 1. The van der Waals surface area contributed by atoms with Crippen LogP contribution in [0, 0.1) is 11.6 Å². The molecule has 1 aliphatic rings. The van der Waals surface area contributed by atoms with Crippen LogP contribution >= 0.6 is 0 Å². The van der Waals surface area contributed by atoms with Crippen LogP contribution < -0.4 is 15.6 Å². The number of sulfonamides is 1. The number of ether oxygens (including phenoxy) is 2. The zero-order chi connectivity index (χ0) is 23.3. The third-order valence-corrected chi connectivity index (χ3v) is 6.48. The fraction of sp³-hybridized carbons (Fsp3) is 0.300. The number of morpholine rings is 1. The summed E-state index contributed by atoms with van der Waals surface area (Å²) in [6, 6.07) is 7.80. The number of rotatable bonds is 6. The summed E-state index contributed by atoms with van der Waals surface area (Å²) >= 11 is 0. The molecule has 1 atom stereocenters. The summed E-state index contributed by atoms with van der Waals surface area (Å²) < 4.78 is 64.2. The van der Waals surface area contributed by atoms with Crippen LogP contribution in [0.4, 0.5) is 8.78 Å². The molecule has 2 N–H and O–H groups in total. The molecule has 32 heavy (non-hydrogen) atoms. The highest BCUT2D eigenvalue weighted by atomic mass is 32.2. The van der Waals surface area contributed by atoms with Crippen molar-refractivity contribution in [1.82, 2.24) is 15.2 Å². The molecule has 0 aromatic heterocycles. The summed E-state index contributed by atoms with van der Waals surface area (Å²) in [4.78, 5) is 24.2. The molecule has 0 bridgehead atoms. The van der Waals surface area contributed by atoms with Crippen molar-refractivity contribution in [2.24, 2.45) is 0 Å². The number of nitrogens with zero attached hydrogens (tertiary/aromatic N) is 1. The first-order valence-electron chi connectivity index (χ1n) is 9.58. The molecular formula is C20H21F2N3O6S. The highest BCUT2D eigenvalue weighted by molar-refractivity contribution is 7.89. The number of hydrogen-bond donors (Lipinski definition) is 2. The van der Waals surface area contributed by atoms with Crippen molar-refractivity contribution in [3.63, 3.8) is 0 Å². The molecule has 2 aromatic carbocycles. The van der Waals surface area contributed by atoms with E-state index in [1.54, 1.807) is 0 Å². The molecule has 1 unspecified atom stereocenters. The third kappa shape index (κ3) is 5.58. The van der Waals surface area contributed by atoms with E-state index in [4.69, 9.17) is 9.47 Å². The van der Waals surface area contributed by atoms with Crippen LogP contribution in [-0.2, 0) is 19.6 Å². The molecule has 1 heterocycles. The molecule has 0 aliphatic carbocycles. The van der Waals surface area contributed by atoms with Crippen LogP contribution in [0.3, 0.4) is 0 Å². The van der Waals surface area contributed by atoms with E-state index in [9.17, 15) is 26.8 Å². The Morgan fingerprint density at radius 1 is 1.06 bits per heavy atom. The molecule has 1 saturated heterocycles. The number of carbonyl (C=O) groups is 2. The van der Waals surface area contributed by atoms with Gasteiger partial charge in [0.05, 0.1) is 23.7 Å². The van der Waals surface area contributed by atoms with Crippen LogP contribution in [0.1, 0.15) is 17.3 Å². The lowest BCUT2D eigenvalue weighted by molar-refractivity contribution is -0.128. The molecule has 2 aromatic rings. The van der Waals surface area contributed by atoms with E-state index in [1.807, 2.05) is 5.43 Å². The Kier molecular flexibility index (Phi) is 7.38. The minimum Gasteiger partial charge on any atom is -0.481 e. The van der Waals surface area contributed by atoms with Crippen molar-refractivity contribution in [2.45, 2.75) is 17.9 Å². The molecular weight excluding hydrogens is 448 g/mol. The van der Waals surface area contributed by atoms with Gasteiger partial charge in [0.2, 0.25) is 10.0 Å². The third-order valence-electron chi connectivity index (χ3n) is 4.59. The Balaban J connectivity index is 1.65. The molecule has 172 valence electrons. The van der Waals surface area contributed by atoms with Crippen molar-refractivity contribution in [3.05, 3.63) is 59.7 Å². The van der Waals surface area contributed by atoms with E-state index < -0.39 is 45.1 Å². The molecule has 0 radical (unpaired) electrons. The average Bonchev–Trinajstić information content (AvgIpc) is 2.79. The monoisotopic (exact) mass is 469 g/mol. The predicted molar refractivity (Wildman–Crippen MR) is 108 cm³/mol. The summed E-state index contributed by atoms with van der Waals surface area (Å²) in [5.41, 5.74) is 3.54. The highest BCUT2D eigenvalue weighted by Crippen LogP contribution is 2.20. The summed E-state index contributed by atoms with van der Waals surface area (Å²) in [6.07, 6.45) is -1.07. The largest absolute Gasteiger partial charge is 0.481 e. The topological polar surface area (TPSA) is 114 Å². The van der Waals surface area contributed by atoms with Gasteiger partial charge < -0.3 is 9.47 Å².